The Morgan fingerprint density at radius 3 is 2.96 bits per heavy atom. The van der Waals surface area contributed by atoms with Gasteiger partial charge in [-0.3, -0.25) is 4.79 Å². The largest absolute Gasteiger partial charge is 0.390 e. The molecule has 1 aromatic heterocycles. The number of nitrogens with zero attached hydrogens (tertiary/aromatic N) is 3. The molecule has 2 rings (SSSR count). The predicted molar refractivity (Wildman–Crippen MR) is 78.8 cm³/mol. The van der Waals surface area contributed by atoms with Gasteiger partial charge in [-0.15, -0.1) is 0 Å². The Hall–Kier alpha value is -1.70. The van der Waals surface area contributed by atoms with Crippen LogP contribution in [-0.2, 0) is 0 Å². The molecule has 2 heterocycles. The second-order valence-corrected chi connectivity index (χ2v) is 5.81. The maximum Gasteiger partial charge on any atom is 0.390 e. The van der Waals surface area contributed by atoms with Gasteiger partial charge in [-0.25, -0.2) is 9.97 Å². The SMILES string of the molecule is O=C(NCCC1CCCN(CCC(F)(F)F)C1)c1ccncn1. The number of hydrogen-bond donors (Lipinski definition) is 1. The van der Waals surface area contributed by atoms with E-state index < -0.39 is 12.6 Å². The van der Waals surface area contributed by atoms with E-state index in [1.165, 1.54) is 18.6 Å². The standard InChI is InChI=1S/C15H21F3N4O/c16-15(17,18)5-9-22-8-1-2-12(10-22)3-7-20-14(23)13-4-6-19-11-21-13/h4,6,11-12H,1-3,5,7-10H2,(H,20,23). The van der Waals surface area contributed by atoms with Crippen LogP contribution in [0.4, 0.5) is 13.2 Å². The Kier molecular flexibility index (Phi) is 6.32. The summed E-state index contributed by atoms with van der Waals surface area (Å²) in [6, 6.07) is 1.54. The number of carbonyl (C=O) groups excluding carboxylic acids is 1. The van der Waals surface area contributed by atoms with Crippen LogP contribution in [0.25, 0.3) is 0 Å². The molecule has 1 amide bonds. The Morgan fingerprint density at radius 1 is 1.43 bits per heavy atom. The minimum atomic E-state index is -4.10. The maximum absolute atomic E-state index is 12.3. The molecule has 1 N–H and O–H groups in total. The second kappa shape index (κ2) is 8.24. The van der Waals surface area contributed by atoms with Crippen LogP contribution in [0.1, 0.15) is 36.2 Å². The van der Waals surface area contributed by atoms with Crippen molar-refractivity contribution >= 4 is 5.91 Å². The van der Waals surface area contributed by atoms with Crippen LogP contribution >= 0.6 is 0 Å². The lowest BCUT2D eigenvalue weighted by molar-refractivity contribution is -0.138. The molecular formula is C15H21F3N4O. The molecule has 1 aliphatic heterocycles. The summed E-state index contributed by atoms with van der Waals surface area (Å²) in [5.41, 5.74) is 0.315. The third kappa shape index (κ3) is 6.52. The van der Waals surface area contributed by atoms with Gasteiger partial charge in [-0.05, 0) is 37.8 Å². The van der Waals surface area contributed by atoms with E-state index in [0.29, 0.717) is 24.7 Å². The first-order valence-electron chi connectivity index (χ1n) is 7.77. The van der Waals surface area contributed by atoms with Gasteiger partial charge >= 0.3 is 6.18 Å². The summed E-state index contributed by atoms with van der Waals surface area (Å²) >= 11 is 0. The number of halogens is 3. The molecule has 128 valence electrons. The molecule has 0 spiro atoms. The van der Waals surface area contributed by atoms with E-state index in [-0.39, 0.29) is 12.5 Å². The fraction of sp³-hybridized carbons (Fsp3) is 0.667. The third-order valence-electron chi connectivity index (χ3n) is 3.97. The number of nitrogens with one attached hydrogen (secondary N) is 1. The Labute approximate surface area is 133 Å². The zero-order chi connectivity index (χ0) is 16.7. The third-order valence-corrected chi connectivity index (χ3v) is 3.97. The summed E-state index contributed by atoms with van der Waals surface area (Å²) in [6.45, 7) is 1.95. The van der Waals surface area contributed by atoms with Crippen molar-refractivity contribution in [3.63, 3.8) is 0 Å². The van der Waals surface area contributed by atoms with Crippen molar-refractivity contribution in [2.45, 2.75) is 31.9 Å². The minimum Gasteiger partial charge on any atom is -0.351 e. The lowest BCUT2D eigenvalue weighted by atomic mass is 9.94. The molecule has 1 aliphatic rings. The van der Waals surface area contributed by atoms with Crippen molar-refractivity contribution in [3.8, 4) is 0 Å². The quantitative estimate of drug-likeness (QED) is 0.869. The van der Waals surface area contributed by atoms with Gasteiger partial charge in [-0.2, -0.15) is 13.2 Å². The van der Waals surface area contributed by atoms with Gasteiger partial charge in [0.05, 0.1) is 6.42 Å². The van der Waals surface area contributed by atoms with Crippen molar-refractivity contribution in [1.82, 2.24) is 20.2 Å². The van der Waals surface area contributed by atoms with Gasteiger partial charge in [-0.1, -0.05) is 0 Å². The van der Waals surface area contributed by atoms with Crippen LogP contribution in [0.2, 0.25) is 0 Å². The molecule has 1 saturated heterocycles. The van der Waals surface area contributed by atoms with Gasteiger partial charge in [0, 0.05) is 25.8 Å². The summed E-state index contributed by atoms with van der Waals surface area (Å²) in [5, 5.41) is 2.79. The first-order valence-corrected chi connectivity index (χ1v) is 7.77. The lowest BCUT2D eigenvalue weighted by Crippen LogP contribution is -2.38. The zero-order valence-electron chi connectivity index (χ0n) is 12.9. The van der Waals surface area contributed by atoms with Crippen LogP contribution in [0.3, 0.4) is 0 Å². The molecule has 5 nitrogen and oxygen atoms in total. The van der Waals surface area contributed by atoms with Gasteiger partial charge in [0.25, 0.3) is 5.91 Å². The Morgan fingerprint density at radius 2 is 2.26 bits per heavy atom. The first-order chi connectivity index (χ1) is 10.9. The highest BCUT2D eigenvalue weighted by Crippen LogP contribution is 2.23. The number of hydrogen-bond acceptors (Lipinski definition) is 4. The first kappa shape index (κ1) is 17.7. The molecule has 0 saturated carbocycles. The molecule has 0 radical (unpaired) electrons. The average molecular weight is 330 g/mol. The molecule has 0 bridgehead atoms. The lowest BCUT2D eigenvalue weighted by Gasteiger charge is -2.33. The fourth-order valence-electron chi connectivity index (χ4n) is 2.78. The normalized spacial score (nSPS) is 19.5. The molecule has 1 fully saturated rings. The van der Waals surface area contributed by atoms with Crippen LogP contribution in [0.15, 0.2) is 18.6 Å². The van der Waals surface area contributed by atoms with E-state index in [2.05, 4.69) is 15.3 Å². The summed E-state index contributed by atoms with van der Waals surface area (Å²) in [7, 11) is 0. The monoisotopic (exact) mass is 330 g/mol. The summed E-state index contributed by atoms with van der Waals surface area (Å²) in [4.78, 5) is 21.3. The zero-order valence-corrected chi connectivity index (χ0v) is 12.9. The van der Waals surface area contributed by atoms with Crippen molar-refractivity contribution in [2.75, 3.05) is 26.2 Å². The van der Waals surface area contributed by atoms with Crippen molar-refractivity contribution < 1.29 is 18.0 Å². The smallest absolute Gasteiger partial charge is 0.351 e. The van der Waals surface area contributed by atoms with Gasteiger partial charge in [0.1, 0.15) is 12.0 Å². The number of alkyl halides is 3. The molecular weight excluding hydrogens is 309 g/mol. The van der Waals surface area contributed by atoms with E-state index in [1.54, 1.807) is 0 Å². The fourth-order valence-corrected chi connectivity index (χ4v) is 2.78. The molecule has 1 aromatic rings. The number of carbonyl (C=O) groups is 1. The highest BCUT2D eigenvalue weighted by molar-refractivity contribution is 5.91. The van der Waals surface area contributed by atoms with Crippen LogP contribution in [-0.4, -0.2) is 53.1 Å². The number of rotatable bonds is 6. The number of piperidine rings is 1. The van der Waals surface area contributed by atoms with Crippen LogP contribution < -0.4 is 5.32 Å². The van der Waals surface area contributed by atoms with Crippen molar-refractivity contribution in [2.24, 2.45) is 5.92 Å². The summed E-state index contributed by atoms with van der Waals surface area (Å²) in [6.07, 6.45) is 0.617. The van der Waals surface area contributed by atoms with Gasteiger partial charge in [0.15, 0.2) is 0 Å². The Balaban J connectivity index is 1.68. The molecule has 1 unspecified atom stereocenters. The average Bonchev–Trinajstić information content (AvgIpc) is 2.53. The molecule has 23 heavy (non-hydrogen) atoms. The van der Waals surface area contributed by atoms with E-state index in [1.807, 2.05) is 4.90 Å². The van der Waals surface area contributed by atoms with E-state index >= 15 is 0 Å². The number of aromatic nitrogens is 2. The highest BCUT2D eigenvalue weighted by Gasteiger charge is 2.29. The molecule has 1 atom stereocenters. The molecule has 0 aliphatic carbocycles. The van der Waals surface area contributed by atoms with E-state index in [4.69, 9.17) is 0 Å². The summed E-state index contributed by atoms with van der Waals surface area (Å²) in [5.74, 6) is 0.0693. The van der Waals surface area contributed by atoms with Crippen LogP contribution in [0, 0.1) is 5.92 Å². The minimum absolute atomic E-state index is 0.0628. The Bertz CT molecular complexity index is 495. The van der Waals surface area contributed by atoms with Crippen molar-refractivity contribution in [3.05, 3.63) is 24.3 Å². The maximum atomic E-state index is 12.3. The molecule has 0 aromatic carbocycles. The van der Waals surface area contributed by atoms with Gasteiger partial charge in [0.2, 0.25) is 0 Å². The van der Waals surface area contributed by atoms with E-state index in [9.17, 15) is 18.0 Å². The molecule has 8 heteroatoms. The highest BCUT2D eigenvalue weighted by atomic mass is 19.4. The number of amides is 1. The van der Waals surface area contributed by atoms with E-state index in [0.717, 1.165) is 25.8 Å². The van der Waals surface area contributed by atoms with Crippen molar-refractivity contribution in [1.29, 1.82) is 0 Å². The van der Waals surface area contributed by atoms with Crippen LogP contribution in [0.5, 0.6) is 0 Å². The second-order valence-electron chi connectivity index (χ2n) is 5.81. The summed E-state index contributed by atoms with van der Waals surface area (Å²) < 4.78 is 36.8. The topological polar surface area (TPSA) is 58.1 Å². The predicted octanol–water partition coefficient (Wildman–Crippen LogP) is 2.26. The van der Waals surface area contributed by atoms with Gasteiger partial charge < -0.3 is 10.2 Å². The number of likely N-dealkylation sites (tertiary alicyclic amines) is 1.